The van der Waals surface area contributed by atoms with Crippen LogP contribution in [0, 0.1) is 0 Å². The van der Waals surface area contributed by atoms with Crippen molar-refractivity contribution in [2.24, 2.45) is 5.73 Å². The quantitative estimate of drug-likeness (QED) is 0.159. The van der Waals surface area contributed by atoms with E-state index < -0.39 is 36.6 Å². The van der Waals surface area contributed by atoms with Crippen LogP contribution in [0.25, 0.3) is 56.4 Å². The van der Waals surface area contributed by atoms with Gasteiger partial charge < -0.3 is 24.4 Å². The second-order valence-electron chi connectivity index (χ2n) is 16.8. The molecule has 3 heterocycles. The summed E-state index contributed by atoms with van der Waals surface area (Å²) in [4.78, 5) is 15.5. The summed E-state index contributed by atoms with van der Waals surface area (Å²) in [7, 11) is -1.14. The maximum atomic E-state index is 6.57. The van der Waals surface area contributed by atoms with Crippen LogP contribution in [0.1, 0.15) is 76.2 Å². The van der Waals surface area contributed by atoms with Crippen molar-refractivity contribution in [2.75, 3.05) is 0 Å². The van der Waals surface area contributed by atoms with E-state index in [2.05, 4.69) is 116 Å². The second-order valence-corrected chi connectivity index (χ2v) is 16.8. The Kier molecular flexibility index (Phi) is 13.3. The van der Waals surface area contributed by atoms with Crippen molar-refractivity contribution in [2.45, 2.75) is 98.6 Å². The first-order valence-corrected chi connectivity index (χ1v) is 20.9. The lowest BCUT2D eigenvalue weighted by molar-refractivity contribution is 0.00578. The first-order chi connectivity index (χ1) is 28.6. The molecular weight excluding hydrogens is 742 g/mol. The van der Waals surface area contributed by atoms with E-state index in [1.807, 2.05) is 87.5 Å². The van der Waals surface area contributed by atoms with E-state index in [9.17, 15) is 0 Å². The fourth-order valence-corrected chi connectivity index (χ4v) is 6.74. The zero-order valence-electron chi connectivity index (χ0n) is 37.0. The highest BCUT2D eigenvalue weighted by Crippen LogP contribution is 2.39. The average Bonchev–Trinajstić information content (AvgIpc) is 3.64. The summed E-state index contributed by atoms with van der Waals surface area (Å²) in [6, 6.07) is 43.4. The molecular formula is C50H58B2N4O4. The van der Waals surface area contributed by atoms with Gasteiger partial charge in [-0.3, -0.25) is 0 Å². The monoisotopic (exact) mass is 800 g/mol. The van der Waals surface area contributed by atoms with Crippen LogP contribution in [-0.2, 0) is 18.6 Å². The van der Waals surface area contributed by atoms with Crippen molar-refractivity contribution in [3.8, 4) is 56.4 Å². The summed E-state index contributed by atoms with van der Waals surface area (Å²) >= 11 is 0. The van der Waals surface area contributed by atoms with Crippen LogP contribution in [0.5, 0.6) is 0 Å². The standard InChI is InChI=1S/C45H45B2N3O4.C3H7N.C2H6/c1-42(2)43(3,4)52-46(51-42)37-26-33(30-18-12-9-13-19-30)24-35(28-37)40-48-39(32-22-16-11-17-23-32)49-41(50-40)36-25-34(31-20-14-10-15-21-31)27-38(29-36)47-53-44(5,6)45(7,8)54-47;1-2-3-4;1-2/h9-29H,1-8H3;2-3H,4H2,1H3;1-2H3/b;3-2-;. The molecule has 0 unspecified atom stereocenters. The zero-order valence-corrected chi connectivity index (χ0v) is 37.0. The van der Waals surface area contributed by atoms with E-state index in [0.29, 0.717) is 17.5 Å². The van der Waals surface area contributed by atoms with Gasteiger partial charge in [0.2, 0.25) is 0 Å². The van der Waals surface area contributed by atoms with Crippen LogP contribution in [0.4, 0.5) is 0 Å². The van der Waals surface area contributed by atoms with Crippen LogP contribution >= 0.6 is 0 Å². The molecule has 308 valence electrons. The molecule has 0 atom stereocenters. The Hall–Kier alpha value is -5.38. The number of benzene rings is 5. The summed E-state index contributed by atoms with van der Waals surface area (Å²) < 4.78 is 26.3. The smallest absolute Gasteiger partial charge is 0.405 e. The lowest BCUT2D eigenvalue weighted by atomic mass is 9.76. The lowest BCUT2D eigenvalue weighted by Crippen LogP contribution is -2.41. The molecule has 0 saturated carbocycles. The molecule has 60 heavy (non-hydrogen) atoms. The average molecular weight is 801 g/mol. The van der Waals surface area contributed by atoms with E-state index in [0.717, 1.165) is 49.9 Å². The van der Waals surface area contributed by atoms with E-state index in [4.69, 9.17) is 39.3 Å². The molecule has 10 heteroatoms. The van der Waals surface area contributed by atoms with Gasteiger partial charge in [-0.15, -0.1) is 0 Å². The topological polar surface area (TPSA) is 102 Å². The molecule has 2 N–H and O–H groups in total. The van der Waals surface area contributed by atoms with E-state index in [1.54, 1.807) is 6.08 Å². The molecule has 0 aliphatic carbocycles. The number of allylic oxidation sites excluding steroid dienone is 1. The Balaban J connectivity index is 0.000000951. The highest BCUT2D eigenvalue weighted by atomic mass is 16.7. The molecule has 2 fully saturated rings. The number of aromatic nitrogens is 3. The fraction of sp³-hybridized carbons (Fsp3) is 0.300. The first-order valence-electron chi connectivity index (χ1n) is 20.9. The van der Waals surface area contributed by atoms with Crippen molar-refractivity contribution >= 4 is 25.2 Å². The predicted molar refractivity (Wildman–Crippen MR) is 249 cm³/mol. The maximum Gasteiger partial charge on any atom is 0.494 e. The third kappa shape index (κ3) is 9.48. The molecule has 1 aromatic heterocycles. The van der Waals surface area contributed by atoms with E-state index in [-0.39, 0.29) is 0 Å². The Bertz CT molecular complexity index is 2230. The Morgan fingerprint density at radius 2 is 0.683 bits per heavy atom. The second kappa shape index (κ2) is 18.1. The van der Waals surface area contributed by atoms with Crippen LogP contribution in [-0.4, -0.2) is 51.6 Å². The van der Waals surface area contributed by atoms with Crippen molar-refractivity contribution in [1.82, 2.24) is 15.0 Å². The largest absolute Gasteiger partial charge is 0.494 e. The molecule has 5 aromatic carbocycles. The fourth-order valence-electron chi connectivity index (χ4n) is 6.74. The van der Waals surface area contributed by atoms with Crippen LogP contribution in [0.2, 0.25) is 0 Å². The molecule has 8 rings (SSSR count). The van der Waals surface area contributed by atoms with Gasteiger partial charge in [0.15, 0.2) is 17.5 Å². The molecule has 0 spiro atoms. The predicted octanol–water partition coefficient (Wildman–Crippen LogP) is 10.3. The third-order valence-electron chi connectivity index (χ3n) is 11.6. The van der Waals surface area contributed by atoms with Gasteiger partial charge in [0, 0.05) is 16.7 Å². The van der Waals surface area contributed by atoms with Crippen molar-refractivity contribution < 1.29 is 18.6 Å². The number of rotatable bonds is 7. The van der Waals surface area contributed by atoms with Gasteiger partial charge in [-0.1, -0.05) is 135 Å². The molecule has 6 aromatic rings. The van der Waals surface area contributed by atoms with Gasteiger partial charge in [0.25, 0.3) is 0 Å². The number of hydrogen-bond acceptors (Lipinski definition) is 8. The van der Waals surface area contributed by atoms with E-state index in [1.165, 1.54) is 6.20 Å². The van der Waals surface area contributed by atoms with Crippen LogP contribution < -0.4 is 16.7 Å². The third-order valence-corrected chi connectivity index (χ3v) is 11.6. The summed E-state index contributed by atoms with van der Waals surface area (Å²) in [6.45, 7) is 22.4. The molecule has 0 bridgehead atoms. The molecule has 0 amide bonds. The van der Waals surface area contributed by atoms with E-state index >= 15 is 0 Å². The van der Waals surface area contributed by atoms with Gasteiger partial charge in [-0.2, -0.15) is 0 Å². The highest BCUT2D eigenvalue weighted by molar-refractivity contribution is 6.62. The molecule has 0 radical (unpaired) electrons. The Labute approximate surface area is 357 Å². The Morgan fingerprint density at radius 3 is 0.983 bits per heavy atom. The molecule has 2 aliphatic rings. The van der Waals surface area contributed by atoms with Gasteiger partial charge in [-0.25, -0.2) is 15.0 Å². The number of nitrogens with zero attached hydrogens (tertiary/aromatic N) is 3. The highest BCUT2D eigenvalue weighted by Gasteiger charge is 2.53. The molecule has 2 saturated heterocycles. The van der Waals surface area contributed by atoms with Crippen LogP contribution in [0.3, 0.4) is 0 Å². The minimum Gasteiger partial charge on any atom is -0.405 e. The molecule has 8 nitrogen and oxygen atoms in total. The van der Waals surface area contributed by atoms with Crippen molar-refractivity contribution in [3.05, 3.63) is 140 Å². The van der Waals surface area contributed by atoms with Gasteiger partial charge in [0.1, 0.15) is 0 Å². The summed E-state index contributed by atoms with van der Waals surface area (Å²) in [5.41, 5.74) is 11.3. The lowest BCUT2D eigenvalue weighted by Gasteiger charge is -2.32. The van der Waals surface area contributed by atoms with Gasteiger partial charge in [-0.05, 0) is 114 Å². The minimum absolute atomic E-state index is 0.500. The zero-order chi connectivity index (χ0) is 43.3. The minimum atomic E-state index is -0.572. The molecule has 2 aliphatic heterocycles. The summed E-state index contributed by atoms with van der Waals surface area (Å²) in [6.07, 6.45) is 3.28. The van der Waals surface area contributed by atoms with Crippen LogP contribution in [0.15, 0.2) is 140 Å². The number of nitrogens with two attached hydrogens (primary N) is 1. The summed E-state index contributed by atoms with van der Waals surface area (Å²) in [5.74, 6) is 1.65. The normalized spacial score (nSPS) is 17.1. The maximum absolute atomic E-state index is 6.57. The van der Waals surface area contributed by atoms with Crippen molar-refractivity contribution in [1.29, 1.82) is 0 Å². The van der Waals surface area contributed by atoms with Crippen molar-refractivity contribution in [3.63, 3.8) is 0 Å². The SMILES string of the molecule is C/C=C\N.CC.CC1(C)OB(c2cc(-c3ccccc3)cc(-c3nc(-c4ccccc4)nc(-c4cc(B5OC(C)(C)C(C)(C)O5)cc(-c5ccccc5)c4)n3)c2)OC1(C)C. The Morgan fingerprint density at radius 1 is 0.417 bits per heavy atom. The first kappa shape index (κ1) is 44.2. The van der Waals surface area contributed by atoms with Gasteiger partial charge >= 0.3 is 14.2 Å². The number of hydrogen-bond donors (Lipinski definition) is 1. The van der Waals surface area contributed by atoms with Gasteiger partial charge in [0.05, 0.1) is 22.4 Å². The summed E-state index contributed by atoms with van der Waals surface area (Å²) in [5, 5.41) is 0.